The first-order valence-corrected chi connectivity index (χ1v) is 6.43. The Hall–Kier alpha value is 0.830. The molecule has 1 atom stereocenters. The Morgan fingerprint density at radius 2 is 2.00 bits per heavy atom. The maximum absolute atomic E-state index is 10.9. The van der Waals surface area contributed by atoms with E-state index in [-0.39, 0.29) is 0 Å². The largest absolute Gasteiger partial charge is 0.288 e. The van der Waals surface area contributed by atoms with E-state index in [4.69, 9.17) is 11.2 Å². The van der Waals surface area contributed by atoms with Gasteiger partial charge in [0.2, 0.25) is 0 Å². The fourth-order valence-corrected chi connectivity index (χ4v) is 1.47. The van der Waals surface area contributed by atoms with Gasteiger partial charge in [-0.05, 0) is 31.6 Å². The first-order valence-electron chi connectivity index (χ1n) is 2.04. The summed E-state index contributed by atoms with van der Waals surface area (Å²) in [7, 11) is 3.40. The summed E-state index contributed by atoms with van der Waals surface area (Å²) < 4.78 is 12.5. The highest BCUT2D eigenvalue weighted by atomic mass is 35.7. The molecule has 50 valence electrons. The van der Waals surface area contributed by atoms with E-state index in [9.17, 15) is 4.57 Å². The van der Waals surface area contributed by atoms with Crippen LogP contribution in [0, 0.1) is 0 Å². The van der Waals surface area contributed by atoms with Gasteiger partial charge in [-0.15, -0.1) is 0 Å². The molecule has 0 aliphatic heterocycles. The van der Waals surface area contributed by atoms with Crippen molar-refractivity contribution >= 4 is 28.5 Å². The van der Waals surface area contributed by atoms with Gasteiger partial charge in [-0.1, -0.05) is 11.4 Å². The first-order chi connectivity index (χ1) is 3.50. The summed E-state index contributed by atoms with van der Waals surface area (Å²) in [6, 6.07) is 0. The number of rotatable bonds is 2. The molecule has 0 bridgehead atoms. The van der Waals surface area contributed by atoms with Gasteiger partial charge >= 0.3 is 0 Å². The van der Waals surface area contributed by atoms with Crippen LogP contribution in [-0.4, -0.2) is 25.0 Å². The van der Waals surface area contributed by atoms with Crippen LogP contribution >= 0.6 is 28.5 Å². The topological polar surface area (TPSA) is 20.3 Å². The summed E-state index contributed by atoms with van der Waals surface area (Å²) in [6.07, 6.45) is 1.73. The molecule has 0 fully saturated rings. The van der Waals surface area contributed by atoms with Gasteiger partial charge in [-0.2, -0.15) is 0 Å². The highest BCUT2D eigenvalue weighted by Crippen LogP contribution is 2.63. The lowest BCUT2D eigenvalue weighted by Crippen LogP contribution is -2.00. The highest BCUT2D eigenvalue weighted by molar-refractivity contribution is 8.64. The van der Waals surface area contributed by atoms with Crippen molar-refractivity contribution < 1.29 is 4.57 Å². The van der Waals surface area contributed by atoms with Crippen LogP contribution < -0.4 is 0 Å². The Kier molecular flexibility index (Phi) is 3.44. The van der Waals surface area contributed by atoms with Gasteiger partial charge in [0.05, 0.1) is 0 Å². The number of halogens is 1. The molecule has 0 heterocycles. The van der Waals surface area contributed by atoms with Crippen molar-refractivity contribution in [2.75, 3.05) is 20.4 Å². The predicted molar refractivity (Wildman–Crippen MR) is 40.7 cm³/mol. The molecule has 0 aromatic rings. The molecule has 8 heavy (non-hydrogen) atoms. The van der Waals surface area contributed by atoms with Crippen LogP contribution in [0.3, 0.4) is 0 Å². The fraction of sp³-hybridized carbons (Fsp3) is 1.00. The van der Waals surface area contributed by atoms with Gasteiger partial charge in [-0.25, -0.2) is 4.67 Å². The zero-order chi connectivity index (χ0) is 6.78. The summed E-state index contributed by atoms with van der Waals surface area (Å²) in [5.41, 5.74) is 0. The molecule has 0 saturated carbocycles. The second kappa shape index (κ2) is 3.11. The summed E-state index contributed by atoms with van der Waals surface area (Å²) in [4.78, 5) is 0. The summed E-state index contributed by atoms with van der Waals surface area (Å²) in [5.74, 6) is -2.52. The molecule has 5 heteroatoms. The minimum atomic E-state index is -2.52. The zero-order valence-electron chi connectivity index (χ0n) is 5.09. The van der Waals surface area contributed by atoms with Crippen LogP contribution in [0.5, 0.6) is 0 Å². The van der Waals surface area contributed by atoms with Crippen molar-refractivity contribution in [1.29, 1.82) is 0 Å². The third-order valence-corrected chi connectivity index (χ3v) is 6.59. The minimum Gasteiger partial charge on any atom is -0.277 e. The Bertz CT molecular complexity index is 118. The lowest BCUT2D eigenvalue weighted by atomic mass is 11.3. The van der Waals surface area contributed by atoms with E-state index in [2.05, 4.69) is 0 Å². The molecular weight excluding hydrogens is 165 g/mol. The average molecular weight is 174 g/mol. The fourth-order valence-electron chi connectivity index (χ4n) is 0.163. The van der Waals surface area contributed by atoms with Crippen LogP contribution in [0.15, 0.2) is 0 Å². The standard InChI is InChI=1S/C3H9ClNOPS/c1-5(2)7(4,6)8-3/h1-3H3. The summed E-state index contributed by atoms with van der Waals surface area (Å²) >= 11 is 6.68. The van der Waals surface area contributed by atoms with Gasteiger partial charge in [-0.3, -0.25) is 4.57 Å². The minimum absolute atomic E-state index is 1.18. The van der Waals surface area contributed by atoms with Crippen molar-refractivity contribution in [3.05, 3.63) is 0 Å². The van der Waals surface area contributed by atoms with Crippen molar-refractivity contribution in [3.63, 3.8) is 0 Å². The highest BCUT2D eigenvalue weighted by Gasteiger charge is 2.18. The number of nitrogens with zero attached hydrogens (tertiary/aromatic N) is 1. The lowest BCUT2D eigenvalue weighted by molar-refractivity contribution is 0.543. The van der Waals surface area contributed by atoms with Gasteiger partial charge in [0.1, 0.15) is 0 Å². The van der Waals surface area contributed by atoms with Crippen LogP contribution in [-0.2, 0) is 4.57 Å². The van der Waals surface area contributed by atoms with Crippen LogP contribution in [0.2, 0.25) is 0 Å². The van der Waals surface area contributed by atoms with Gasteiger partial charge < -0.3 is 0 Å². The molecule has 1 unspecified atom stereocenters. The van der Waals surface area contributed by atoms with E-state index in [1.165, 1.54) is 16.1 Å². The third kappa shape index (κ3) is 2.40. The van der Waals surface area contributed by atoms with E-state index in [1.54, 1.807) is 20.4 Å². The van der Waals surface area contributed by atoms with Crippen molar-refractivity contribution in [3.8, 4) is 0 Å². The molecular formula is C3H9ClNOPS. The van der Waals surface area contributed by atoms with E-state index < -0.39 is 5.85 Å². The molecule has 0 radical (unpaired) electrons. The van der Waals surface area contributed by atoms with E-state index in [0.717, 1.165) is 0 Å². The molecule has 0 rings (SSSR count). The smallest absolute Gasteiger partial charge is 0.277 e. The molecule has 0 amide bonds. The zero-order valence-corrected chi connectivity index (χ0v) is 7.56. The van der Waals surface area contributed by atoms with Crippen LogP contribution in [0.1, 0.15) is 0 Å². The molecule has 0 aliphatic rings. The Morgan fingerprint density at radius 3 is 2.00 bits per heavy atom. The number of hydrogen-bond acceptors (Lipinski definition) is 2. The van der Waals surface area contributed by atoms with E-state index in [0.29, 0.717) is 0 Å². The van der Waals surface area contributed by atoms with Gasteiger partial charge in [0.25, 0.3) is 5.85 Å². The molecule has 0 N–H and O–H groups in total. The Balaban J connectivity index is 3.93. The number of hydrogen-bond donors (Lipinski definition) is 0. The van der Waals surface area contributed by atoms with Gasteiger partial charge in [0.15, 0.2) is 0 Å². The second-order valence-corrected chi connectivity index (χ2v) is 8.11. The van der Waals surface area contributed by atoms with E-state index >= 15 is 0 Å². The molecule has 0 aromatic heterocycles. The lowest BCUT2D eigenvalue weighted by Gasteiger charge is -2.13. The molecule has 0 spiro atoms. The average Bonchev–Trinajstić information content (AvgIpc) is 1.67. The van der Waals surface area contributed by atoms with Crippen molar-refractivity contribution in [2.45, 2.75) is 0 Å². The Labute approximate surface area is 58.5 Å². The summed E-state index contributed by atoms with van der Waals surface area (Å²) in [6.45, 7) is 0. The Morgan fingerprint density at radius 1 is 1.62 bits per heavy atom. The van der Waals surface area contributed by atoms with Crippen molar-refractivity contribution in [1.82, 2.24) is 4.67 Å². The quantitative estimate of drug-likeness (QED) is 0.598. The van der Waals surface area contributed by atoms with E-state index in [1.807, 2.05) is 0 Å². The molecule has 0 saturated heterocycles. The SMILES string of the molecule is CSP(=O)(Cl)N(C)C. The first kappa shape index (κ1) is 8.83. The third-order valence-electron chi connectivity index (χ3n) is 0.703. The van der Waals surface area contributed by atoms with Gasteiger partial charge in [0, 0.05) is 0 Å². The van der Waals surface area contributed by atoms with Crippen molar-refractivity contribution in [2.24, 2.45) is 0 Å². The molecule has 2 nitrogen and oxygen atoms in total. The maximum atomic E-state index is 10.9. The predicted octanol–water partition coefficient (Wildman–Crippen LogP) is 2.26. The van der Waals surface area contributed by atoms with Crippen LogP contribution in [0.4, 0.5) is 0 Å². The molecule has 0 aliphatic carbocycles. The summed E-state index contributed by atoms with van der Waals surface area (Å²) in [5, 5.41) is 0. The molecule has 0 aromatic carbocycles. The van der Waals surface area contributed by atoms with Crippen LogP contribution in [0.25, 0.3) is 0 Å². The normalized spacial score (nSPS) is 18.6. The second-order valence-electron chi connectivity index (χ2n) is 1.48. The monoisotopic (exact) mass is 173 g/mol. The maximum Gasteiger partial charge on any atom is 0.288 e.